The van der Waals surface area contributed by atoms with Gasteiger partial charge in [0.05, 0.1) is 6.10 Å². The van der Waals surface area contributed by atoms with Gasteiger partial charge in [-0.1, -0.05) is 36.4 Å². The summed E-state index contributed by atoms with van der Waals surface area (Å²) in [6, 6.07) is 11.9. The molecule has 0 aliphatic heterocycles. The van der Waals surface area contributed by atoms with Crippen LogP contribution in [0.1, 0.15) is 41.6 Å². The summed E-state index contributed by atoms with van der Waals surface area (Å²) in [4.78, 5) is 0. The molecule has 0 saturated heterocycles. The zero-order valence-corrected chi connectivity index (χ0v) is 11.0. The molecule has 0 heterocycles. The van der Waals surface area contributed by atoms with Crippen LogP contribution < -0.4 is 0 Å². The van der Waals surface area contributed by atoms with Crippen LogP contribution in [0.4, 0.5) is 8.78 Å². The molecular weight excluding hydrogens is 258 g/mol. The van der Waals surface area contributed by atoms with E-state index in [4.69, 9.17) is 0 Å². The van der Waals surface area contributed by atoms with Crippen LogP contribution in [-0.2, 0) is 6.42 Å². The second kappa shape index (κ2) is 5.33. The maximum absolute atomic E-state index is 13.8. The molecule has 20 heavy (non-hydrogen) atoms. The molecule has 0 bridgehead atoms. The molecule has 1 N–H and O–H groups in total. The molecule has 1 nitrogen and oxygen atoms in total. The third-order valence-corrected chi connectivity index (χ3v) is 4.10. The van der Waals surface area contributed by atoms with Gasteiger partial charge in [-0.2, -0.15) is 0 Å². The van der Waals surface area contributed by atoms with E-state index in [0.29, 0.717) is 0 Å². The standard InChI is InChI=1S/C17H16F2O/c18-15-10-4-9-14(16(15)19)17(20)13-8-3-6-11-5-1-2-7-12(11)13/h1-2,4-5,7,9-10,13,17,20H,3,6,8H2. The quantitative estimate of drug-likeness (QED) is 0.873. The van der Waals surface area contributed by atoms with Crippen LogP contribution in [0, 0.1) is 11.6 Å². The lowest BCUT2D eigenvalue weighted by Crippen LogP contribution is -2.18. The van der Waals surface area contributed by atoms with Crippen molar-refractivity contribution in [3.05, 3.63) is 70.8 Å². The molecule has 0 radical (unpaired) electrons. The van der Waals surface area contributed by atoms with Crippen molar-refractivity contribution in [2.75, 3.05) is 0 Å². The van der Waals surface area contributed by atoms with Crippen molar-refractivity contribution in [2.45, 2.75) is 31.3 Å². The minimum atomic E-state index is -1.01. The number of aliphatic hydroxyl groups excluding tert-OH is 1. The number of aryl methyl sites for hydroxylation is 1. The molecule has 2 aromatic rings. The monoisotopic (exact) mass is 274 g/mol. The fraction of sp³-hybridized carbons (Fsp3) is 0.294. The van der Waals surface area contributed by atoms with Crippen molar-refractivity contribution in [3.8, 4) is 0 Å². The van der Waals surface area contributed by atoms with Crippen molar-refractivity contribution in [1.29, 1.82) is 0 Å². The Bertz CT molecular complexity index is 624. The third-order valence-electron chi connectivity index (χ3n) is 4.10. The molecule has 2 aromatic carbocycles. The first-order valence-electron chi connectivity index (χ1n) is 6.88. The summed E-state index contributed by atoms with van der Waals surface area (Å²) in [5, 5.41) is 10.5. The van der Waals surface area contributed by atoms with Crippen LogP contribution in [0.5, 0.6) is 0 Å². The molecule has 1 aliphatic rings. The lowest BCUT2D eigenvalue weighted by Gasteiger charge is -2.29. The van der Waals surface area contributed by atoms with Crippen LogP contribution in [0.2, 0.25) is 0 Å². The highest BCUT2D eigenvalue weighted by atomic mass is 19.2. The number of halogens is 2. The van der Waals surface area contributed by atoms with Gasteiger partial charge in [0.2, 0.25) is 0 Å². The molecule has 3 rings (SSSR count). The van der Waals surface area contributed by atoms with Crippen LogP contribution in [0.15, 0.2) is 42.5 Å². The predicted octanol–water partition coefficient (Wildman–Crippen LogP) is 4.12. The Kier molecular flexibility index (Phi) is 3.53. The van der Waals surface area contributed by atoms with E-state index in [0.717, 1.165) is 30.9 Å². The van der Waals surface area contributed by atoms with Crippen LogP contribution in [0.3, 0.4) is 0 Å². The molecule has 104 valence electrons. The lowest BCUT2D eigenvalue weighted by atomic mass is 9.78. The van der Waals surface area contributed by atoms with Crippen molar-refractivity contribution < 1.29 is 13.9 Å². The van der Waals surface area contributed by atoms with Gasteiger partial charge >= 0.3 is 0 Å². The van der Waals surface area contributed by atoms with Gasteiger partial charge in [-0.3, -0.25) is 0 Å². The molecule has 0 spiro atoms. The zero-order valence-electron chi connectivity index (χ0n) is 11.0. The van der Waals surface area contributed by atoms with Gasteiger partial charge in [0, 0.05) is 11.5 Å². The molecule has 2 atom stereocenters. The minimum absolute atomic E-state index is 0.0479. The number of benzene rings is 2. The zero-order chi connectivity index (χ0) is 14.1. The Labute approximate surface area is 116 Å². The molecule has 0 amide bonds. The van der Waals surface area contributed by atoms with Crippen LogP contribution in [-0.4, -0.2) is 5.11 Å². The van der Waals surface area contributed by atoms with Gasteiger partial charge in [-0.15, -0.1) is 0 Å². The molecule has 0 fully saturated rings. The lowest BCUT2D eigenvalue weighted by molar-refractivity contribution is 0.131. The second-order valence-electron chi connectivity index (χ2n) is 5.29. The number of hydrogen-bond donors (Lipinski definition) is 1. The van der Waals surface area contributed by atoms with E-state index in [-0.39, 0.29) is 11.5 Å². The summed E-state index contributed by atoms with van der Waals surface area (Å²) in [6.07, 6.45) is 1.71. The number of fused-ring (bicyclic) bond motifs is 1. The highest BCUT2D eigenvalue weighted by molar-refractivity contribution is 5.36. The topological polar surface area (TPSA) is 20.2 Å². The first kappa shape index (κ1) is 13.3. The van der Waals surface area contributed by atoms with E-state index in [1.807, 2.05) is 24.3 Å². The Balaban J connectivity index is 2.00. The van der Waals surface area contributed by atoms with Gasteiger partial charge in [0.15, 0.2) is 11.6 Å². The van der Waals surface area contributed by atoms with E-state index in [1.54, 1.807) is 0 Å². The molecule has 1 aliphatic carbocycles. The summed E-state index contributed by atoms with van der Waals surface area (Å²) in [6.45, 7) is 0. The van der Waals surface area contributed by atoms with Crippen molar-refractivity contribution in [3.63, 3.8) is 0 Å². The predicted molar refractivity (Wildman–Crippen MR) is 73.4 cm³/mol. The normalized spacial score (nSPS) is 19.4. The summed E-state index contributed by atoms with van der Waals surface area (Å²) in [5.74, 6) is -2.02. The molecular formula is C17H16F2O. The fourth-order valence-corrected chi connectivity index (χ4v) is 3.09. The van der Waals surface area contributed by atoms with E-state index >= 15 is 0 Å². The van der Waals surface area contributed by atoms with Crippen molar-refractivity contribution in [2.24, 2.45) is 0 Å². The van der Waals surface area contributed by atoms with Gasteiger partial charge in [0.25, 0.3) is 0 Å². The highest BCUT2D eigenvalue weighted by Crippen LogP contribution is 2.40. The molecule has 0 saturated carbocycles. The van der Waals surface area contributed by atoms with E-state index in [2.05, 4.69) is 0 Å². The molecule has 0 aromatic heterocycles. The molecule has 2 unspecified atom stereocenters. The first-order chi connectivity index (χ1) is 9.68. The summed E-state index contributed by atoms with van der Waals surface area (Å²) in [5.41, 5.74) is 2.29. The number of hydrogen-bond acceptors (Lipinski definition) is 1. The molecule has 3 heteroatoms. The van der Waals surface area contributed by atoms with E-state index in [1.165, 1.54) is 17.7 Å². The van der Waals surface area contributed by atoms with Crippen LogP contribution >= 0.6 is 0 Å². The van der Waals surface area contributed by atoms with Crippen LogP contribution in [0.25, 0.3) is 0 Å². The average molecular weight is 274 g/mol. The third kappa shape index (κ3) is 2.22. The Morgan fingerprint density at radius 3 is 2.70 bits per heavy atom. The Hall–Kier alpha value is -1.74. The maximum Gasteiger partial charge on any atom is 0.164 e. The second-order valence-corrected chi connectivity index (χ2v) is 5.29. The maximum atomic E-state index is 13.8. The average Bonchev–Trinajstić information content (AvgIpc) is 2.49. The highest BCUT2D eigenvalue weighted by Gasteiger charge is 2.29. The fourth-order valence-electron chi connectivity index (χ4n) is 3.09. The van der Waals surface area contributed by atoms with E-state index in [9.17, 15) is 13.9 Å². The summed E-state index contributed by atoms with van der Waals surface area (Å²) >= 11 is 0. The van der Waals surface area contributed by atoms with E-state index < -0.39 is 17.7 Å². The SMILES string of the molecule is OC(c1cccc(F)c1F)C1CCCc2ccccc21. The summed E-state index contributed by atoms with van der Waals surface area (Å²) in [7, 11) is 0. The van der Waals surface area contributed by atoms with Gasteiger partial charge in [-0.05, 0) is 36.5 Å². The van der Waals surface area contributed by atoms with Gasteiger partial charge < -0.3 is 5.11 Å². The van der Waals surface area contributed by atoms with Gasteiger partial charge in [-0.25, -0.2) is 8.78 Å². The summed E-state index contributed by atoms with van der Waals surface area (Å²) < 4.78 is 27.2. The Morgan fingerprint density at radius 2 is 1.85 bits per heavy atom. The largest absolute Gasteiger partial charge is 0.388 e. The Morgan fingerprint density at radius 1 is 1.05 bits per heavy atom. The number of aliphatic hydroxyl groups is 1. The van der Waals surface area contributed by atoms with Gasteiger partial charge in [0.1, 0.15) is 0 Å². The first-order valence-corrected chi connectivity index (χ1v) is 6.88. The minimum Gasteiger partial charge on any atom is -0.388 e. The number of rotatable bonds is 2. The van der Waals surface area contributed by atoms with Crippen molar-refractivity contribution in [1.82, 2.24) is 0 Å². The smallest absolute Gasteiger partial charge is 0.164 e. The van der Waals surface area contributed by atoms with Crippen molar-refractivity contribution >= 4 is 0 Å².